The van der Waals surface area contributed by atoms with Crippen molar-refractivity contribution in [2.24, 2.45) is 0 Å². The maximum Gasteiger partial charge on any atom is 0.337 e. The Balaban J connectivity index is 2.42. The van der Waals surface area contributed by atoms with Crippen molar-refractivity contribution in [1.29, 1.82) is 0 Å². The number of carbonyl (C=O) groups is 1. The van der Waals surface area contributed by atoms with Crippen LogP contribution in [0.15, 0.2) is 42.5 Å². The molecule has 0 amide bonds. The van der Waals surface area contributed by atoms with Gasteiger partial charge in [-0.1, -0.05) is 29.8 Å². The average Bonchev–Trinajstić information content (AvgIpc) is 2.39. The fourth-order valence-electron chi connectivity index (χ4n) is 1.76. The maximum atomic E-state index is 11.1. The second kappa shape index (κ2) is 5.73. The Morgan fingerprint density at radius 1 is 1.11 bits per heavy atom. The number of para-hydroxylation sites is 1. The smallest absolute Gasteiger partial charge is 0.337 e. The minimum atomic E-state index is -1.02. The van der Waals surface area contributed by atoms with Gasteiger partial charge < -0.3 is 15.5 Å². The molecule has 0 heterocycles. The molecule has 0 aliphatic rings. The summed E-state index contributed by atoms with van der Waals surface area (Å²) < 4.78 is 0. The molecular formula is C14H12ClNO3. The largest absolute Gasteiger partial charge is 0.478 e. The van der Waals surface area contributed by atoms with Crippen molar-refractivity contribution < 1.29 is 15.0 Å². The lowest BCUT2D eigenvalue weighted by Gasteiger charge is -2.13. The first-order chi connectivity index (χ1) is 9.13. The summed E-state index contributed by atoms with van der Waals surface area (Å²) in [5.74, 6) is -1.02. The predicted octanol–water partition coefficient (Wildman–Crippen LogP) is 3.27. The van der Waals surface area contributed by atoms with E-state index < -0.39 is 5.97 Å². The number of rotatable bonds is 4. The zero-order valence-electron chi connectivity index (χ0n) is 9.93. The zero-order chi connectivity index (χ0) is 13.8. The van der Waals surface area contributed by atoms with E-state index in [1.807, 2.05) is 0 Å². The lowest BCUT2D eigenvalue weighted by atomic mass is 10.1. The number of anilines is 2. The Bertz CT molecular complexity index is 613. The quantitative estimate of drug-likeness (QED) is 0.802. The first-order valence-electron chi connectivity index (χ1n) is 5.61. The highest BCUT2D eigenvalue weighted by Crippen LogP contribution is 2.28. The van der Waals surface area contributed by atoms with Gasteiger partial charge in [0.05, 0.1) is 17.9 Å². The van der Waals surface area contributed by atoms with Crippen molar-refractivity contribution in [3.8, 4) is 0 Å². The summed E-state index contributed by atoms with van der Waals surface area (Å²) in [7, 11) is 0. The number of halogens is 1. The van der Waals surface area contributed by atoms with Crippen molar-refractivity contribution in [1.82, 2.24) is 0 Å². The fraction of sp³-hybridized carbons (Fsp3) is 0.0714. The number of carboxylic acids is 1. The number of aromatic carboxylic acids is 1. The SMILES string of the molecule is O=C(O)c1ccccc1Nc1cccc(Cl)c1CO. The molecule has 0 spiro atoms. The monoisotopic (exact) mass is 277 g/mol. The summed E-state index contributed by atoms with van der Waals surface area (Å²) in [5.41, 5.74) is 1.73. The molecule has 0 saturated carbocycles. The number of aliphatic hydroxyl groups excluding tert-OH is 1. The van der Waals surface area contributed by atoms with Crippen LogP contribution in [0, 0.1) is 0 Å². The minimum absolute atomic E-state index is 0.159. The molecule has 0 aliphatic heterocycles. The van der Waals surface area contributed by atoms with Gasteiger partial charge in [-0.05, 0) is 24.3 Å². The Morgan fingerprint density at radius 3 is 2.47 bits per heavy atom. The Morgan fingerprint density at radius 2 is 1.79 bits per heavy atom. The van der Waals surface area contributed by atoms with E-state index in [1.165, 1.54) is 6.07 Å². The van der Waals surface area contributed by atoms with Crippen LogP contribution in [0.25, 0.3) is 0 Å². The van der Waals surface area contributed by atoms with E-state index >= 15 is 0 Å². The topological polar surface area (TPSA) is 69.6 Å². The van der Waals surface area contributed by atoms with Crippen LogP contribution in [0.3, 0.4) is 0 Å². The third-order valence-corrected chi connectivity index (χ3v) is 3.06. The summed E-state index contributed by atoms with van der Waals surface area (Å²) in [6.07, 6.45) is 0. The number of aliphatic hydroxyl groups is 1. The van der Waals surface area contributed by atoms with Crippen LogP contribution >= 0.6 is 11.6 Å². The van der Waals surface area contributed by atoms with E-state index in [0.717, 1.165) is 0 Å². The van der Waals surface area contributed by atoms with E-state index in [-0.39, 0.29) is 12.2 Å². The Labute approximate surface area is 115 Å². The molecule has 0 unspecified atom stereocenters. The van der Waals surface area contributed by atoms with Gasteiger partial charge in [0.15, 0.2) is 0 Å². The van der Waals surface area contributed by atoms with Crippen molar-refractivity contribution in [2.75, 3.05) is 5.32 Å². The summed E-state index contributed by atoms with van der Waals surface area (Å²) >= 11 is 5.98. The molecule has 0 fully saturated rings. The van der Waals surface area contributed by atoms with Gasteiger partial charge >= 0.3 is 5.97 Å². The molecular weight excluding hydrogens is 266 g/mol. The molecule has 2 aromatic carbocycles. The standard InChI is InChI=1S/C14H12ClNO3/c15-11-5-3-7-13(10(11)8-17)16-12-6-2-1-4-9(12)14(18)19/h1-7,16-17H,8H2,(H,18,19). The molecule has 0 atom stereocenters. The fourth-order valence-corrected chi connectivity index (χ4v) is 1.99. The van der Waals surface area contributed by atoms with E-state index in [2.05, 4.69) is 5.32 Å². The lowest BCUT2D eigenvalue weighted by Crippen LogP contribution is -2.04. The van der Waals surface area contributed by atoms with Gasteiger partial charge in [-0.2, -0.15) is 0 Å². The molecule has 0 bridgehead atoms. The molecule has 0 radical (unpaired) electrons. The van der Waals surface area contributed by atoms with Crippen molar-refractivity contribution >= 4 is 28.9 Å². The molecule has 0 saturated heterocycles. The van der Waals surface area contributed by atoms with Crippen LogP contribution < -0.4 is 5.32 Å². The van der Waals surface area contributed by atoms with Gasteiger partial charge in [-0.3, -0.25) is 0 Å². The van der Waals surface area contributed by atoms with Gasteiger partial charge in [0, 0.05) is 16.3 Å². The first kappa shape index (κ1) is 13.4. The number of carboxylic acid groups (broad SMARTS) is 1. The minimum Gasteiger partial charge on any atom is -0.478 e. The van der Waals surface area contributed by atoms with E-state index in [9.17, 15) is 9.90 Å². The Hall–Kier alpha value is -2.04. The highest BCUT2D eigenvalue weighted by atomic mass is 35.5. The molecule has 2 aromatic rings. The van der Waals surface area contributed by atoms with Crippen molar-refractivity contribution in [3.63, 3.8) is 0 Å². The normalized spacial score (nSPS) is 10.2. The van der Waals surface area contributed by atoms with Crippen LogP contribution in [0.1, 0.15) is 15.9 Å². The first-order valence-corrected chi connectivity index (χ1v) is 5.99. The lowest BCUT2D eigenvalue weighted by molar-refractivity contribution is 0.0698. The van der Waals surface area contributed by atoms with Crippen molar-refractivity contribution in [2.45, 2.75) is 6.61 Å². The molecule has 0 aliphatic carbocycles. The molecule has 4 nitrogen and oxygen atoms in total. The summed E-state index contributed by atoms with van der Waals surface area (Å²) in [6, 6.07) is 11.7. The summed E-state index contributed by atoms with van der Waals surface area (Å²) in [6.45, 7) is -0.225. The van der Waals surface area contributed by atoms with Crippen molar-refractivity contribution in [3.05, 3.63) is 58.6 Å². The highest BCUT2D eigenvalue weighted by Gasteiger charge is 2.11. The number of benzene rings is 2. The van der Waals surface area contributed by atoms with Crippen LogP contribution in [-0.4, -0.2) is 16.2 Å². The number of nitrogens with one attached hydrogen (secondary N) is 1. The summed E-state index contributed by atoms with van der Waals surface area (Å²) in [4.78, 5) is 11.1. The third kappa shape index (κ3) is 2.86. The van der Waals surface area contributed by atoms with E-state index in [0.29, 0.717) is 22.0 Å². The molecule has 0 aromatic heterocycles. The van der Waals surface area contributed by atoms with Gasteiger partial charge in [-0.15, -0.1) is 0 Å². The average molecular weight is 278 g/mol. The van der Waals surface area contributed by atoms with Gasteiger partial charge in [0.2, 0.25) is 0 Å². The van der Waals surface area contributed by atoms with Gasteiger partial charge in [-0.25, -0.2) is 4.79 Å². The Kier molecular flexibility index (Phi) is 4.04. The van der Waals surface area contributed by atoms with Crippen LogP contribution in [0.5, 0.6) is 0 Å². The highest BCUT2D eigenvalue weighted by molar-refractivity contribution is 6.31. The number of hydrogen-bond acceptors (Lipinski definition) is 3. The van der Waals surface area contributed by atoms with Crippen LogP contribution in [0.4, 0.5) is 11.4 Å². The van der Waals surface area contributed by atoms with Gasteiger partial charge in [0.1, 0.15) is 0 Å². The maximum absolute atomic E-state index is 11.1. The molecule has 5 heteroatoms. The second-order valence-electron chi connectivity index (χ2n) is 3.90. The van der Waals surface area contributed by atoms with E-state index in [1.54, 1.807) is 36.4 Å². The summed E-state index contributed by atoms with van der Waals surface area (Å²) in [5, 5.41) is 21.8. The van der Waals surface area contributed by atoms with Crippen LogP contribution in [0.2, 0.25) is 5.02 Å². The molecule has 98 valence electrons. The molecule has 2 rings (SSSR count). The predicted molar refractivity (Wildman–Crippen MR) is 74.1 cm³/mol. The van der Waals surface area contributed by atoms with Gasteiger partial charge in [0.25, 0.3) is 0 Å². The third-order valence-electron chi connectivity index (χ3n) is 2.70. The van der Waals surface area contributed by atoms with Crippen LogP contribution in [-0.2, 0) is 6.61 Å². The number of hydrogen-bond donors (Lipinski definition) is 3. The van der Waals surface area contributed by atoms with E-state index in [4.69, 9.17) is 16.7 Å². The molecule has 3 N–H and O–H groups in total. The zero-order valence-corrected chi connectivity index (χ0v) is 10.7. The molecule has 19 heavy (non-hydrogen) atoms. The second-order valence-corrected chi connectivity index (χ2v) is 4.31.